The maximum atomic E-state index is 13.8. The highest BCUT2D eigenvalue weighted by atomic mass is 16.5. The molecule has 1 heterocycles. The highest BCUT2D eigenvalue weighted by molar-refractivity contribution is 6.12. The molecule has 8 heteroatoms. The van der Waals surface area contributed by atoms with Crippen molar-refractivity contribution in [2.45, 2.75) is 70.8 Å². The predicted molar refractivity (Wildman–Crippen MR) is 132 cm³/mol. The third kappa shape index (κ3) is 4.86. The number of dihydropyridines is 1. The Balaban J connectivity index is 1.79. The molecule has 194 valence electrons. The number of phenols is 1. The van der Waals surface area contributed by atoms with Crippen LogP contribution in [0.3, 0.4) is 0 Å². The topological polar surface area (TPSA) is 111 Å². The number of aromatic hydroxyl groups is 1. The Morgan fingerprint density at radius 1 is 1.08 bits per heavy atom. The van der Waals surface area contributed by atoms with Gasteiger partial charge in [0.25, 0.3) is 0 Å². The number of hydrogen-bond donors (Lipinski definition) is 2. The average molecular weight is 498 g/mol. The van der Waals surface area contributed by atoms with Crippen molar-refractivity contribution in [2.24, 2.45) is 11.8 Å². The quantitative estimate of drug-likeness (QED) is 0.352. The normalized spacial score (nSPS) is 25.0. The lowest BCUT2D eigenvalue weighted by atomic mass is 9.69. The number of carbonyl (C=O) groups excluding carboxylic acids is 3. The van der Waals surface area contributed by atoms with E-state index in [9.17, 15) is 19.5 Å². The van der Waals surface area contributed by atoms with E-state index in [1.54, 1.807) is 19.1 Å². The van der Waals surface area contributed by atoms with Crippen molar-refractivity contribution in [1.82, 2.24) is 5.32 Å². The van der Waals surface area contributed by atoms with E-state index in [2.05, 4.69) is 5.32 Å². The first-order chi connectivity index (χ1) is 17.3. The molecule has 0 radical (unpaired) electrons. The van der Waals surface area contributed by atoms with Gasteiger partial charge in [0.05, 0.1) is 19.8 Å². The Labute approximate surface area is 211 Å². The minimum Gasteiger partial charge on any atom is -0.504 e. The molecular weight excluding hydrogens is 462 g/mol. The summed E-state index contributed by atoms with van der Waals surface area (Å²) < 4.78 is 16.1. The van der Waals surface area contributed by atoms with Crippen LogP contribution in [0.1, 0.15) is 70.3 Å². The summed E-state index contributed by atoms with van der Waals surface area (Å²) in [7, 11) is 2.72. The summed E-state index contributed by atoms with van der Waals surface area (Å²) in [5.41, 5.74) is 2.47. The zero-order valence-corrected chi connectivity index (χ0v) is 21.4. The summed E-state index contributed by atoms with van der Waals surface area (Å²) in [6.45, 7) is 3.64. The molecule has 1 aromatic rings. The molecule has 3 unspecified atom stereocenters. The second kappa shape index (κ2) is 10.8. The number of Topliss-reactive ketones (excluding diaryl/α,β-unsaturated/α-hetero) is 1. The Morgan fingerprint density at radius 2 is 1.78 bits per heavy atom. The fourth-order valence-electron chi connectivity index (χ4n) is 5.75. The number of benzene rings is 1. The lowest BCUT2D eigenvalue weighted by Gasteiger charge is -2.38. The van der Waals surface area contributed by atoms with Crippen molar-refractivity contribution in [1.29, 1.82) is 0 Å². The van der Waals surface area contributed by atoms with Gasteiger partial charge >= 0.3 is 11.9 Å². The molecule has 2 aliphatic carbocycles. The first kappa shape index (κ1) is 25.8. The average Bonchev–Trinajstić information content (AvgIpc) is 3.11. The fourth-order valence-corrected chi connectivity index (χ4v) is 5.75. The molecule has 4 rings (SSSR count). The number of nitrogens with one attached hydrogen (secondary N) is 1. The third-order valence-electron chi connectivity index (χ3n) is 7.58. The Kier molecular flexibility index (Phi) is 7.71. The second-order valence-electron chi connectivity index (χ2n) is 9.99. The minimum absolute atomic E-state index is 0.106. The van der Waals surface area contributed by atoms with Gasteiger partial charge in [-0.15, -0.1) is 0 Å². The van der Waals surface area contributed by atoms with Gasteiger partial charge in [0.1, 0.15) is 12.0 Å². The molecular formula is C28H35NO7. The van der Waals surface area contributed by atoms with Crippen LogP contribution >= 0.6 is 0 Å². The van der Waals surface area contributed by atoms with Crippen LogP contribution in [-0.4, -0.2) is 43.2 Å². The van der Waals surface area contributed by atoms with Crippen molar-refractivity contribution >= 4 is 17.7 Å². The van der Waals surface area contributed by atoms with E-state index in [1.165, 1.54) is 20.3 Å². The van der Waals surface area contributed by atoms with Gasteiger partial charge in [-0.2, -0.15) is 0 Å². The van der Waals surface area contributed by atoms with Gasteiger partial charge in [-0.3, -0.25) is 9.59 Å². The molecule has 0 bridgehead atoms. The molecule has 1 aromatic carbocycles. The number of methoxy groups -OCH3 is 2. The number of esters is 2. The van der Waals surface area contributed by atoms with Crippen LogP contribution in [0.2, 0.25) is 0 Å². The van der Waals surface area contributed by atoms with E-state index < -0.39 is 23.8 Å². The second-order valence-corrected chi connectivity index (χ2v) is 9.99. The maximum Gasteiger partial charge on any atom is 0.337 e. The third-order valence-corrected chi connectivity index (χ3v) is 7.58. The van der Waals surface area contributed by atoms with Crippen LogP contribution in [0.5, 0.6) is 11.5 Å². The first-order valence-corrected chi connectivity index (χ1v) is 12.7. The number of phenolic OH excluding ortho intramolecular Hbond substituents is 1. The lowest BCUT2D eigenvalue weighted by molar-refractivity contribution is -0.151. The zero-order chi connectivity index (χ0) is 26.0. The van der Waals surface area contributed by atoms with Crippen LogP contribution in [-0.2, 0) is 23.9 Å². The summed E-state index contributed by atoms with van der Waals surface area (Å²) in [6.07, 6.45) is 6.17. The molecule has 3 aliphatic rings. The van der Waals surface area contributed by atoms with Crippen LogP contribution in [0, 0.1) is 11.8 Å². The van der Waals surface area contributed by atoms with Gasteiger partial charge in [-0.25, -0.2) is 4.79 Å². The summed E-state index contributed by atoms with van der Waals surface area (Å²) in [4.78, 5) is 40.0. The van der Waals surface area contributed by atoms with E-state index in [0.29, 0.717) is 34.5 Å². The number of ketones is 1. The molecule has 36 heavy (non-hydrogen) atoms. The minimum atomic E-state index is -0.970. The molecule has 0 amide bonds. The van der Waals surface area contributed by atoms with E-state index in [0.717, 1.165) is 38.5 Å². The number of allylic oxidation sites excluding steroid dienone is 3. The van der Waals surface area contributed by atoms with Gasteiger partial charge in [0, 0.05) is 22.9 Å². The van der Waals surface area contributed by atoms with E-state index in [4.69, 9.17) is 14.2 Å². The van der Waals surface area contributed by atoms with Gasteiger partial charge < -0.3 is 24.6 Å². The molecule has 0 saturated heterocycles. The molecule has 2 N–H and O–H groups in total. The van der Waals surface area contributed by atoms with Crippen molar-refractivity contribution in [3.05, 3.63) is 46.3 Å². The summed E-state index contributed by atoms with van der Waals surface area (Å²) in [5, 5.41) is 13.8. The van der Waals surface area contributed by atoms with Gasteiger partial charge in [-0.1, -0.05) is 25.8 Å². The van der Waals surface area contributed by atoms with Crippen LogP contribution in [0.25, 0.3) is 0 Å². The number of carbonyl (C=O) groups is 3. The van der Waals surface area contributed by atoms with Crippen molar-refractivity contribution in [3.8, 4) is 11.5 Å². The molecule has 1 aliphatic heterocycles. The summed E-state index contributed by atoms with van der Waals surface area (Å²) >= 11 is 0. The zero-order valence-electron chi connectivity index (χ0n) is 21.4. The first-order valence-electron chi connectivity index (χ1n) is 12.7. The standard InChI is InChI=1S/C28H35NO7/c1-15-13-19-25(26(31)22(15)27(32)35-4)24(17-11-12-21(34-3)20(30)14-17)23(16(2)29-19)28(33)36-18-9-7-5-6-8-10-18/h11-12,14-15,18,22,24,29-30H,5-10,13H2,1-4H3. The SMILES string of the molecule is COC(=O)C1C(=O)C2=C(CC1C)NC(C)=C(C(=O)OC1CCCCCC1)C2c1ccc(OC)c(O)c1. The molecule has 0 aromatic heterocycles. The Morgan fingerprint density at radius 3 is 2.39 bits per heavy atom. The Hall–Kier alpha value is -3.29. The van der Waals surface area contributed by atoms with Crippen molar-refractivity contribution in [2.75, 3.05) is 14.2 Å². The highest BCUT2D eigenvalue weighted by Crippen LogP contribution is 2.47. The van der Waals surface area contributed by atoms with Gasteiger partial charge in [-0.05, 0) is 62.6 Å². The number of ether oxygens (including phenoxy) is 3. The number of hydrogen-bond acceptors (Lipinski definition) is 8. The molecule has 3 atom stereocenters. The number of rotatable bonds is 5. The van der Waals surface area contributed by atoms with Crippen LogP contribution < -0.4 is 10.1 Å². The predicted octanol–water partition coefficient (Wildman–Crippen LogP) is 4.28. The lowest BCUT2D eigenvalue weighted by Crippen LogP contribution is -2.43. The Bertz CT molecular complexity index is 1110. The van der Waals surface area contributed by atoms with Crippen molar-refractivity contribution < 1.29 is 33.7 Å². The van der Waals surface area contributed by atoms with E-state index in [1.807, 2.05) is 6.92 Å². The van der Waals surface area contributed by atoms with Crippen molar-refractivity contribution in [3.63, 3.8) is 0 Å². The molecule has 8 nitrogen and oxygen atoms in total. The van der Waals surface area contributed by atoms with Crippen LogP contribution in [0.4, 0.5) is 0 Å². The fraction of sp³-hybridized carbons (Fsp3) is 0.536. The molecule has 1 saturated carbocycles. The molecule has 0 spiro atoms. The monoisotopic (exact) mass is 497 g/mol. The smallest absolute Gasteiger partial charge is 0.337 e. The van der Waals surface area contributed by atoms with Gasteiger partial charge in [0.2, 0.25) is 0 Å². The summed E-state index contributed by atoms with van der Waals surface area (Å²) in [6, 6.07) is 4.83. The van der Waals surface area contributed by atoms with Gasteiger partial charge in [0.15, 0.2) is 17.3 Å². The molecule has 1 fully saturated rings. The van der Waals surface area contributed by atoms with E-state index in [-0.39, 0.29) is 29.3 Å². The maximum absolute atomic E-state index is 13.8. The van der Waals surface area contributed by atoms with E-state index >= 15 is 0 Å². The summed E-state index contributed by atoms with van der Waals surface area (Å²) in [5.74, 6) is -3.33. The largest absolute Gasteiger partial charge is 0.504 e. The highest BCUT2D eigenvalue weighted by Gasteiger charge is 2.47. The van der Waals surface area contributed by atoms with Crippen LogP contribution in [0.15, 0.2) is 40.7 Å².